The van der Waals surface area contributed by atoms with Gasteiger partial charge >= 0.3 is 0 Å². The van der Waals surface area contributed by atoms with Gasteiger partial charge in [-0.15, -0.1) is 22.7 Å². The van der Waals surface area contributed by atoms with E-state index in [0.29, 0.717) is 5.92 Å². The van der Waals surface area contributed by atoms with Gasteiger partial charge in [-0.25, -0.2) is 0 Å². The van der Waals surface area contributed by atoms with E-state index in [9.17, 15) is 0 Å². The van der Waals surface area contributed by atoms with Gasteiger partial charge in [0.25, 0.3) is 0 Å². The molecule has 0 bridgehead atoms. The molecule has 2 aromatic rings. The lowest BCUT2D eigenvalue weighted by Crippen LogP contribution is -2.32. The second-order valence-corrected chi connectivity index (χ2v) is 11.0. The lowest BCUT2D eigenvalue weighted by molar-refractivity contribution is 0.246. The van der Waals surface area contributed by atoms with E-state index in [2.05, 4.69) is 61.4 Å². The number of nitrogens with zero attached hydrogens (tertiary/aromatic N) is 1. The average Bonchev–Trinajstić information content (AvgIpc) is 3.18. The zero-order valence-electron chi connectivity index (χ0n) is 15.9. The summed E-state index contributed by atoms with van der Waals surface area (Å²) in [6, 6.07) is 4.94. The third-order valence-electron chi connectivity index (χ3n) is 5.48. The Hall–Kier alpha value is -0.680. The number of fused-ring (bicyclic) bond motifs is 2. The first-order valence-corrected chi connectivity index (χ1v) is 11.2. The van der Waals surface area contributed by atoms with E-state index in [1.807, 2.05) is 11.3 Å². The summed E-state index contributed by atoms with van der Waals surface area (Å²) >= 11 is 4.10. The Bertz CT molecular complexity index is 727. The topological polar surface area (TPSA) is 15.3 Å². The minimum atomic E-state index is 0.282. The monoisotopic (exact) mass is 374 g/mol. The predicted molar refractivity (Wildman–Crippen MR) is 110 cm³/mol. The molecule has 0 saturated heterocycles. The van der Waals surface area contributed by atoms with Crippen LogP contribution in [0.15, 0.2) is 12.1 Å². The lowest BCUT2D eigenvalue weighted by atomic mass is 9.93. The van der Waals surface area contributed by atoms with Crippen LogP contribution in [-0.4, -0.2) is 24.5 Å². The molecule has 1 N–H and O–H groups in total. The van der Waals surface area contributed by atoms with Crippen molar-refractivity contribution >= 4 is 22.7 Å². The first-order chi connectivity index (χ1) is 11.9. The molecule has 0 saturated carbocycles. The fraction of sp³-hybridized carbons (Fsp3) is 0.619. The Morgan fingerprint density at radius 2 is 1.96 bits per heavy atom. The Kier molecular flexibility index (Phi) is 4.82. The number of thiophene rings is 2. The van der Waals surface area contributed by atoms with Gasteiger partial charge in [0.2, 0.25) is 0 Å². The molecule has 136 valence electrons. The molecule has 0 fully saturated rings. The summed E-state index contributed by atoms with van der Waals surface area (Å²) in [6.07, 6.45) is 2.43. The molecule has 0 amide bonds. The van der Waals surface area contributed by atoms with E-state index in [4.69, 9.17) is 0 Å². The number of hydrogen-bond donors (Lipinski definition) is 1. The molecule has 2 aliphatic heterocycles. The summed E-state index contributed by atoms with van der Waals surface area (Å²) in [5.41, 5.74) is 3.44. The molecule has 1 atom stereocenters. The van der Waals surface area contributed by atoms with Crippen LogP contribution in [0.3, 0.4) is 0 Å². The summed E-state index contributed by atoms with van der Waals surface area (Å²) in [6.45, 7) is 15.2. The highest BCUT2D eigenvalue weighted by Crippen LogP contribution is 2.36. The zero-order chi connectivity index (χ0) is 17.6. The third kappa shape index (κ3) is 3.73. The van der Waals surface area contributed by atoms with Crippen LogP contribution in [0.2, 0.25) is 0 Å². The molecule has 0 aliphatic carbocycles. The van der Waals surface area contributed by atoms with Crippen molar-refractivity contribution in [2.75, 3.05) is 19.6 Å². The Balaban J connectivity index is 1.43. The van der Waals surface area contributed by atoms with Crippen molar-refractivity contribution in [1.29, 1.82) is 0 Å². The first kappa shape index (κ1) is 17.7. The smallest absolute Gasteiger partial charge is 0.0331 e. The van der Waals surface area contributed by atoms with E-state index < -0.39 is 0 Å². The van der Waals surface area contributed by atoms with Crippen LogP contribution in [-0.2, 0) is 31.3 Å². The minimum Gasteiger partial charge on any atom is -0.312 e. The first-order valence-electron chi connectivity index (χ1n) is 9.57. The van der Waals surface area contributed by atoms with Gasteiger partial charge in [-0.2, -0.15) is 0 Å². The molecule has 25 heavy (non-hydrogen) atoms. The summed E-state index contributed by atoms with van der Waals surface area (Å²) in [4.78, 5) is 9.03. The molecule has 0 radical (unpaired) electrons. The van der Waals surface area contributed by atoms with Gasteiger partial charge in [-0.3, -0.25) is 4.90 Å². The third-order valence-corrected chi connectivity index (χ3v) is 8.53. The number of nitrogens with one attached hydrogen (secondary N) is 1. The predicted octanol–water partition coefficient (Wildman–Crippen LogP) is 4.91. The van der Waals surface area contributed by atoms with Crippen molar-refractivity contribution in [3.05, 3.63) is 42.8 Å². The van der Waals surface area contributed by atoms with Gasteiger partial charge in [0.05, 0.1) is 0 Å². The van der Waals surface area contributed by atoms with Crippen molar-refractivity contribution < 1.29 is 0 Å². The van der Waals surface area contributed by atoms with Crippen molar-refractivity contribution in [1.82, 2.24) is 10.2 Å². The van der Waals surface area contributed by atoms with Crippen molar-refractivity contribution in [2.24, 2.45) is 0 Å². The molecule has 1 unspecified atom stereocenters. The largest absolute Gasteiger partial charge is 0.312 e. The van der Waals surface area contributed by atoms with Gasteiger partial charge in [-0.1, -0.05) is 27.7 Å². The molecule has 0 spiro atoms. The van der Waals surface area contributed by atoms with Crippen molar-refractivity contribution in [3.63, 3.8) is 0 Å². The maximum Gasteiger partial charge on any atom is 0.0331 e. The normalized spacial score (nSPS) is 19.5. The Labute approximate surface area is 160 Å². The number of rotatable bonds is 3. The van der Waals surface area contributed by atoms with E-state index in [1.165, 1.54) is 25.9 Å². The van der Waals surface area contributed by atoms with Crippen molar-refractivity contribution in [3.8, 4) is 0 Å². The summed E-state index contributed by atoms with van der Waals surface area (Å²) in [5, 5.41) is 3.50. The van der Waals surface area contributed by atoms with Gasteiger partial charge in [-0.05, 0) is 41.5 Å². The van der Waals surface area contributed by atoms with Gasteiger partial charge in [0.15, 0.2) is 0 Å². The molecule has 2 aliphatic rings. The van der Waals surface area contributed by atoms with Crippen LogP contribution < -0.4 is 5.32 Å². The highest BCUT2D eigenvalue weighted by molar-refractivity contribution is 7.12. The minimum absolute atomic E-state index is 0.282. The highest BCUT2D eigenvalue weighted by atomic mass is 32.1. The molecular formula is C21H30N2S2. The van der Waals surface area contributed by atoms with Crippen LogP contribution in [0.1, 0.15) is 64.2 Å². The Morgan fingerprint density at radius 1 is 1.12 bits per heavy atom. The fourth-order valence-corrected chi connectivity index (χ4v) is 6.43. The standard InChI is InChI=1S/C21H30N2S2/c1-14(18-9-16-11-22-7-5-17(16)24-18)12-23-8-6-15-10-20(21(2,3)4)25-19(15)13-23/h9-10,14,22H,5-8,11-13H2,1-4H3. The molecule has 2 nitrogen and oxygen atoms in total. The van der Waals surface area contributed by atoms with E-state index >= 15 is 0 Å². The summed E-state index contributed by atoms with van der Waals surface area (Å²) in [7, 11) is 0. The second kappa shape index (κ2) is 6.80. The SMILES string of the molecule is CC(CN1CCc2cc(C(C)(C)C)sc2C1)c1cc2c(s1)CCNC2. The number of hydrogen-bond acceptors (Lipinski definition) is 4. The maximum atomic E-state index is 3.50. The molecule has 2 aromatic heterocycles. The maximum absolute atomic E-state index is 3.50. The van der Waals surface area contributed by atoms with Crippen LogP contribution in [0.4, 0.5) is 0 Å². The average molecular weight is 375 g/mol. The van der Waals surface area contributed by atoms with Crippen LogP contribution in [0, 0.1) is 0 Å². The summed E-state index contributed by atoms with van der Waals surface area (Å²) in [5.74, 6) is 0.638. The highest BCUT2D eigenvalue weighted by Gasteiger charge is 2.25. The Morgan fingerprint density at radius 3 is 2.72 bits per heavy atom. The fourth-order valence-electron chi connectivity index (χ4n) is 3.89. The van der Waals surface area contributed by atoms with Crippen LogP contribution in [0.5, 0.6) is 0 Å². The van der Waals surface area contributed by atoms with E-state index in [1.54, 1.807) is 30.6 Å². The molecule has 0 aromatic carbocycles. The molecule has 4 heterocycles. The van der Waals surface area contributed by atoms with Gasteiger partial charge < -0.3 is 5.32 Å². The summed E-state index contributed by atoms with van der Waals surface area (Å²) < 4.78 is 0. The quantitative estimate of drug-likeness (QED) is 0.821. The molecular weight excluding hydrogens is 344 g/mol. The van der Waals surface area contributed by atoms with E-state index in [0.717, 1.165) is 19.6 Å². The molecule has 4 heteroatoms. The van der Waals surface area contributed by atoms with Gasteiger partial charge in [0, 0.05) is 58.2 Å². The second-order valence-electron chi connectivity index (χ2n) is 8.72. The van der Waals surface area contributed by atoms with Crippen molar-refractivity contribution in [2.45, 2.75) is 65.0 Å². The van der Waals surface area contributed by atoms with Gasteiger partial charge in [0.1, 0.15) is 0 Å². The van der Waals surface area contributed by atoms with Crippen LogP contribution >= 0.6 is 22.7 Å². The van der Waals surface area contributed by atoms with E-state index in [-0.39, 0.29) is 5.41 Å². The zero-order valence-corrected chi connectivity index (χ0v) is 17.6. The lowest BCUT2D eigenvalue weighted by Gasteiger charge is -2.28. The van der Waals surface area contributed by atoms with Crippen LogP contribution in [0.25, 0.3) is 0 Å². The molecule has 4 rings (SSSR count).